The summed E-state index contributed by atoms with van der Waals surface area (Å²) in [5, 5.41) is 4.03. The summed E-state index contributed by atoms with van der Waals surface area (Å²) in [4.78, 5) is 0.206. The van der Waals surface area contributed by atoms with E-state index in [1.807, 2.05) is 6.92 Å². The largest absolute Gasteiger partial charge is 0.493 e. The van der Waals surface area contributed by atoms with E-state index in [2.05, 4.69) is 69.6 Å². The molecule has 0 unspecified atom stereocenters. The number of hydrogen-bond acceptors (Lipinski definition) is 4. The van der Waals surface area contributed by atoms with Gasteiger partial charge < -0.3 is 4.74 Å². The number of rotatable bonds is 13. The van der Waals surface area contributed by atoms with Crippen LogP contribution in [0.25, 0.3) is 0 Å². The van der Waals surface area contributed by atoms with E-state index in [9.17, 15) is 8.42 Å². The molecule has 7 heteroatoms. The summed E-state index contributed by atoms with van der Waals surface area (Å²) in [6.45, 7) is 17.0. The van der Waals surface area contributed by atoms with Crippen LogP contribution in [0.3, 0.4) is 0 Å². The van der Waals surface area contributed by atoms with Crippen LogP contribution in [0.2, 0.25) is 0 Å². The summed E-state index contributed by atoms with van der Waals surface area (Å²) in [6.07, 6.45) is 6.50. The van der Waals surface area contributed by atoms with Gasteiger partial charge in [0.25, 0.3) is 0 Å². The van der Waals surface area contributed by atoms with Crippen molar-refractivity contribution in [3.8, 4) is 5.75 Å². The summed E-state index contributed by atoms with van der Waals surface area (Å²) in [7, 11) is -3.51. The minimum absolute atomic E-state index is 0.0216. The molecule has 0 aliphatic carbocycles. The number of sulfonamides is 1. The Hall–Kier alpha value is -1.86. The zero-order chi connectivity index (χ0) is 24.0. The van der Waals surface area contributed by atoms with Gasteiger partial charge in [0, 0.05) is 24.8 Å². The van der Waals surface area contributed by atoms with E-state index < -0.39 is 10.0 Å². The Morgan fingerprint density at radius 3 is 2.31 bits per heavy atom. The second-order valence-corrected chi connectivity index (χ2v) is 11.4. The highest BCUT2D eigenvalue weighted by Crippen LogP contribution is 2.38. The molecule has 2 rings (SSSR count). The average Bonchev–Trinajstić information content (AvgIpc) is 3.26. The lowest BCUT2D eigenvalue weighted by Crippen LogP contribution is -2.25. The maximum atomic E-state index is 12.3. The van der Waals surface area contributed by atoms with Crippen molar-refractivity contribution < 1.29 is 13.2 Å². The molecule has 1 N–H and O–H groups in total. The molecule has 0 bridgehead atoms. The van der Waals surface area contributed by atoms with Crippen LogP contribution in [0.4, 0.5) is 0 Å². The predicted molar refractivity (Wildman–Crippen MR) is 131 cm³/mol. The van der Waals surface area contributed by atoms with E-state index in [0.29, 0.717) is 26.1 Å². The Labute approximate surface area is 194 Å². The van der Waals surface area contributed by atoms with Gasteiger partial charge in [-0.3, -0.25) is 4.68 Å². The first-order valence-electron chi connectivity index (χ1n) is 11.8. The monoisotopic (exact) mass is 463 g/mol. The number of nitrogens with one attached hydrogen (secondary N) is 1. The summed E-state index contributed by atoms with van der Waals surface area (Å²) in [5.74, 6) is 0.931. The van der Waals surface area contributed by atoms with Gasteiger partial charge in [0.15, 0.2) is 0 Å². The van der Waals surface area contributed by atoms with Crippen LogP contribution in [0.1, 0.15) is 85.3 Å². The van der Waals surface area contributed by atoms with Gasteiger partial charge in [0.1, 0.15) is 10.6 Å². The van der Waals surface area contributed by atoms with Crippen molar-refractivity contribution >= 4 is 10.0 Å². The molecule has 180 valence electrons. The molecule has 0 saturated heterocycles. The number of unbranched alkanes of at least 4 members (excludes halogenated alkanes) is 1. The van der Waals surface area contributed by atoms with Gasteiger partial charge in [-0.2, -0.15) is 5.10 Å². The maximum Gasteiger partial charge on any atom is 0.243 e. The van der Waals surface area contributed by atoms with Crippen LogP contribution in [-0.2, 0) is 27.4 Å². The van der Waals surface area contributed by atoms with E-state index in [1.54, 1.807) is 10.9 Å². The SMILES string of the molecule is CCn1cc(S(=O)(=O)NCCCCOc2ccc(C(C)(C)CC)cc2C(C)(C)CC)cn1. The Morgan fingerprint density at radius 2 is 1.72 bits per heavy atom. The van der Waals surface area contributed by atoms with E-state index in [0.717, 1.165) is 25.0 Å². The molecule has 0 aliphatic heterocycles. The van der Waals surface area contributed by atoms with Gasteiger partial charge in [-0.15, -0.1) is 0 Å². The van der Waals surface area contributed by atoms with Crippen LogP contribution in [0, 0.1) is 0 Å². The van der Waals surface area contributed by atoms with E-state index >= 15 is 0 Å². The van der Waals surface area contributed by atoms with Gasteiger partial charge in [-0.25, -0.2) is 13.1 Å². The average molecular weight is 464 g/mol. The maximum absolute atomic E-state index is 12.3. The smallest absolute Gasteiger partial charge is 0.243 e. The summed E-state index contributed by atoms with van der Waals surface area (Å²) < 4.78 is 35.1. The number of aryl methyl sites for hydroxylation is 1. The van der Waals surface area contributed by atoms with Crippen LogP contribution >= 0.6 is 0 Å². The van der Waals surface area contributed by atoms with Crippen molar-refractivity contribution in [2.75, 3.05) is 13.2 Å². The molecule has 0 amide bonds. The van der Waals surface area contributed by atoms with Crippen LogP contribution < -0.4 is 9.46 Å². The second kappa shape index (κ2) is 10.8. The Balaban J connectivity index is 1.94. The highest BCUT2D eigenvalue weighted by molar-refractivity contribution is 7.89. The molecular weight excluding hydrogens is 422 g/mol. The fourth-order valence-electron chi connectivity index (χ4n) is 3.36. The van der Waals surface area contributed by atoms with Crippen molar-refractivity contribution in [2.24, 2.45) is 0 Å². The summed E-state index contributed by atoms with van der Waals surface area (Å²) in [5.41, 5.74) is 2.73. The first-order chi connectivity index (χ1) is 15.0. The Morgan fingerprint density at radius 1 is 1.03 bits per heavy atom. The van der Waals surface area contributed by atoms with E-state index in [-0.39, 0.29) is 15.7 Å². The first kappa shape index (κ1) is 26.4. The molecule has 6 nitrogen and oxygen atoms in total. The molecule has 1 heterocycles. The normalized spacial score (nSPS) is 12.8. The third-order valence-electron chi connectivity index (χ3n) is 6.62. The number of benzene rings is 1. The van der Waals surface area contributed by atoms with Crippen molar-refractivity contribution in [1.82, 2.24) is 14.5 Å². The molecule has 0 atom stereocenters. The van der Waals surface area contributed by atoms with Gasteiger partial charge >= 0.3 is 0 Å². The minimum atomic E-state index is -3.51. The highest BCUT2D eigenvalue weighted by atomic mass is 32.2. The van der Waals surface area contributed by atoms with E-state index in [1.165, 1.54) is 17.3 Å². The molecule has 0 saturated carbocycles. The highest BCUT2D eigenvalue weighted by Gasteiger charge is 2.26. The molecule has 0 spiro atoms. The van der Waals surface area contributed by atoms with Crippen molar-refractivity contribution in [3.05, 3.63) is 41.7 Å². The zero-order valence-electron chi connectivity index (χ0n) is 20.9. The lowest BCUT2D eigenvalue weighted by atomic mass is 9.76. The zero-order valence-corrected chi connectivity index (χ0v) is 21.7. The summed E-state index contributed by atoms with van der Waals surface area (Å²) >= 11 is 0. The van der Waals surface area contributed by atoms with Crippen molar-refractivity contribution in [1.29, 1.82) is 0 Å². The fraction of sp³-hybridized carbons (Fsp3) is 0.640. The van der Waals surface area contributed by atoms with Crippen molar-refractivity contribution in [2.45, 2.75) is 96.4 Å². The molecular formula is C25H41N3O3S. The number of ether oxygens (including phenoxy) is 1. The van der Waals surface area contributed by atoms with Crippen molar-refractivity contribution in [3.63, 3.8) is 0 Å². The third kappa shape index (κ3) is 6.58. The molecule has 1 aromatic heterocycles. The predicted octanol–water partition coefficient (Wildman–Crippen LogP) is 5.42. The molecule has 0 radical (unpaired) electrons. The number of nitrogens with zero attached hydrogens (tertiary/aromatic N) is 2. The second-order valence-electron chi connectivity index (χ2n) is 9.67. The molecule has 1 aromatic carbocycles. The standard InChI is InChI=1S/C25H41N3O3S/c1-8-24(4,5)20-13-14-23(22(17-20)25(6,7)9-2)31-16-12-11-15-27-32(29,30)21-18-26-28(10-3)19-21/h13-14,17-19,27H,8-12,15-16H2,1-7H3. The fourth-order valence-corrected chi connectivity index (χ4v) is 4.38. The quantitative estimate of drug-likeness (QED) is 0.403. The van der Waals surface area contributed by atoms with Gasteiger partial charge in [0.05, 0.1) is 12.8 Å². The lowest BCUT2D eigenvalue weighted by molar-refractivity contribution is 0.296. The number of aromatic nitrogens is 2. The van der Waals surface area contributed by atoms with Gasteiger partial charge in [-0.05, 0) is 55.1 Å². The van der Waals surface area contributed by atoms with Crippen LogP contribution in [0.5, 0.6) is 5.75 Å². The van der Waals surface area contributed by atoms with E-state index in [4.69, 9.17) is 4.74 Å². The van der Waals surface area contributed by atoms with Crippen LogP contribution in [-0.4, -0.2) is 31.3 Å². The molecule has 0 fully saturated rings. The lowest BCUT2D eigenvalue weighted by Gasteiger charge is -2.30. The molecule has 0 aliphatic rings. The summed E-state index contributed by atoms with van der Waals surface area (Å²) in [6, 6.07) is 6.60. The van der Waals surface area contributed by atoms with Gasteiger partial charge in [-0.1, -0.05) is 53.7 Å². The Kier molecular flexibility index (Phi) is 8.94. The number of hydrogen-bond donors (Lipinski definition) is 1. The third-order valence-corrected chi connectivity index (χ3v) is 8.04. The van der Waals surface area contributed by atoms with Crippen LogP contribution in [0.15, 0.2) is 35.5 Å². The first-order valence-corrected chi connectivity index (χ1v) is 13.2. The molecule has 2 aromatic rings. The minimum Gasteiger partial charge on any atom is -0.493 e. The molecule has 32 heavy (non-hydrogen) atoms. The van der Waals surface area contributed by atoms with Gasteiger partial charge in [0.2, 0.25) is 10.0 Å². The Bertz CT molecular complexity index is 978. The topological polar surface area (TPSA) is 73.2 Å².